The first-order valence-electron chi connectivity index (χ1n) is 6.06. The number of rotatable bonds is 3. The van der Waals surface area contributed by atoms with Gasteiger partial charge in [0.1, 0.15) is 0 Å². The first-order chi connectivity index (χ1) is 6.59. The van der Waals surface area contributed by atoms with Crippen LogP contribution in [0.3, 0.4) is 0 Å². The topological polar surface area (TPSA) is 46.2 Å². The van der Waals surface area contributed by atoms with Gasteiger partial charge in [0, 0.05) is 5.54 Å². The van der Waals surface area contributed by atoms with Gasteiger partial charge in [-0.15, -0.1) is 0 Å². The molecule has 1 unspecified atom stereocenters. The Balaban J connectivity index is 1.82. The lowest BCUT2D eigenvalue weighted by atomic mass is 9.75. The molecule has 2 aliphatic carbocycles. The summed E-state index contributed by atoms with van der Waals surface area (Å²) < 4.78 is 0. The van der Waals surface area contributed by atoms with Crippen molar-refractivity contribution in [1.29, 1.82) is 0 Å². The molecule has 0 aliphatic heterocycles. The van der Waals surface area contributed by atoms with Crippen molar-refractivity contribution >= 4 is 0 Å². The molecule has 2 saturated carbocycles. The van der Waals surface area contributed by atoms with Crippen LogP contribution in [0.5, 0.6) is 0 Å². The van der Waals surface area contributed by atoms with E-state index >= 15 is 0 Å². The van der Waals surface area contributed by atoms with Gasteiger partial charge in [0.15, 0.2) is 0 Å². The molecule has 2 nitrogen and oxygen atoms in total. The molecule has 0 aromatic rings. The predicted molar refractivity (Wildman–Crippen MR) is 57.9 cm³/mol. The number of hydrogen-bond donors (Lipinski definition) is 2. The maximum Gasteiger partial charge on any atom is 0.0541 e. The Bertz CT molecular complexity index is 192. The molecular formula is C12H23NO. The van der Waals surface area contributed by atoms with Crippen LogP contribution in [0, 0.1) is 11.8 Å². The van der Waals surface area contributed by atoms with Gasteiger partial charge >= 0.3 is 0 Å². The first-order valence-corrected chi connectivity index (χ1v) is 6.06. The highest BCUT2D eigenvalue weighted by molar-refractivity contribution is 4.93. The van der Waals surface area contributed by atoms with Crippen molar-refractivity contribution in [3.63, 3.8) is 0 Å². The molecule has 0 aromatic heterocycles. The van der Waals surface area contributed by atoms with E-state index in [4.69, 9.17) is 5.73 Å². The first kappa shape index (κ1) is 10.4. The summed E-state index contributed by atoms with van der Waals surface area (Å²) in [4.78, 5) is 0. The second-order valence-electron chi connectivity index (χ2n) is 5.61. The maximum absolute atomic E-state index is 9.44. The van der Waals surface area contributed by atoms with E-state index in [-0.39, 0.29) is 11.6 Å². The smallest absolute Gasteiger partial charge is 0.0541 e. The Morgan fingerprint density at radius 1 is 1.29 bits per heavy atom. The molecule has 0 saturated heterocycles. The molecule has 3 N–H and O–H groups in total. The van der Waals surface area contributed by atoms with Gasteiger partial charge in [-0.05, 0) is 56.8 Å². The average Bonchev–Trinajstić information content (AvgIpc) is 2.93. The highest BCUT2D eigenvalue weighted by Crippen LogP contribution is 2.42. The minimum absolute atomic E-state index is 0.0429. The van der Waals surface area contributed by atoms with Gasteiger partial charge < -0.3 is 10.8 Å². The largest absolute Gasteiger partial charge is 0.393 e. The van der Waals surface area contributed by atoms with Crippen molar-refractivity contribution in [2.45, 2.75) is 63.5 Å². The quantitative estimate of drug-likeness (QED) is 0.727. The van der Waals surface area contributed by atoms with Gasteiger partial charge in [0.2, 0.25) is 0 Å². The van der Waals surface area contributed by atoms with Crippen molar-refractivity contribution in [3.8, 4) is 0 Å². The Labute approximate surface area is 86.9 Å². The van der Waals surface area contributed by atoms with E-state index < -0.39 is 0 Å². The van der Waals surface area contributed by atoms with Crippen LogP contribution in [0.2, 0.25) is 0 Å². The summed E-state index contributed by atoms with van der Waals surface area (Å²) in [5, 5.41) is 9.44. The molecule has 0 bridgehead atoms. The van der Waals surface area contributed by atoms with E-state index in [0.29, 0.717) is 0 Å². The number of hydrogen-bond acceptors (Lipinski definition) is 2. The monoisotopic (exact) mass is 197 g/mol. The van der Waals surface area contributed by atoms with Crippen molar-refractivity contribution in [2.24, 2.45) is 17.6 Å². The van der Waals surface area contributed by atoms with Gasteiger partial charge in [0.05, 0.1) is 6.10 Å². The van der Waals surface area contributed by atoms with Gasteiger partial charge in [-0.1, -0.05) is 6.92 Å². The third-order valence-electron chi connectivity index (χ3n) is 4.11. The van der Waals surface area contributed by atoms with Crippen LogP contribution in [0.15, 0.2) is 0 Å². The fourth-order valence-corrected chi connectivity index (χ4v) is 2.85. The average molecular weight is 197 g/mol. The molecule has 2 aliphatic rings. The SMILES string of the molecule is CC(CC1(N)CCC(O)CC1)C1CC1. The van der Waals surface area contributed by atoms with Crippen LogP contribution in [-0.2, 0) is 0 Å². The lowest BCUT2D eigenvalue weighted by molar-refractivity contribution is 0.0877. The summed E-state index contributed by atoms with van der Waals surface area (Å²) in [7, 11) is 0. The molecule has 2 rings (SSSR count). The third-order valence-corrected chi connectivity index (χ3v) is 4.11. The van der Waals surface area contributed by atoms with E-state index in [1.165, 1.54) is 19.3 Å². The molecule has 82 valence electrons. The van der Waals surface area contributed by atoms with Crippen molar-refractivity contribution < 1.29 is 5.11 Å². The standard InChI is InChI=1S/C12H23NO/c1-9(10-2-3-10)8-12(13)6-4-11(14)5-7-12/h9-11,14H,2-8,13H2,1H3. The molecule has 2 fully saturated rings. The molecular weight excluding hydrogens is 174 g/mol. The fraction of sp³-hybridized carbons (Fsp3) is 1.00. The van der Waals surface area contributed by atoms with Crippen LogP contribution >= 0.6 is 0 Å². The summed E-state index contributed by atoms with van der Waals surface area (Å²) in [6.45, 7) is 2.34. The summed E-state index contributed by atoms with van der Waals surface area (Å²) in [5.74, 6) is 1.76. The van der Waals surface area contributed by atoms with Crippen LogP contribution in [-0.4, -0.2) is 16.7 Å². The van der Waals surface area contributed by atoms with E-state index in [1.807, 2.05) is 0 Å². The van der Waals surface area contributed by atoms with Crippen molar-refractivity contribution in [3.05, 3.63) is 0 Å². The van der Waals surface area contributed by atoms with E-state index in [9.17, 15) is 5.11 Å². The zero-order chi connectivity index (χ0) is 10.2. The van der Waals surface area contributed by atoms with Crippen molar-refractivity contribution in [1.82, 2.24) is 0 Å². The summed E-state index contributed by atoms with van der Waals surface area (Å²) in [6.07, 6.45) is 7.78. The van der Waals surface area contributed by atoms with Gasteiger partial charge in [-0.3, -0.25) is 0 Å². The zero-order valence-electron chi connectivity index (χ0n) is 9.21. The molecule has 0 spiro atoms. The highest BCUT2D eigenvalue weighted by Gasteiger charge is 2.36. The minimum Gasteiger partial charge on any atom is -0.393 e. The van der Waals surface area contributed by atoms with E-state index in [1.54, 1.807) is 0 Å². The Morgan fingerprint density at radius 3 is 2.36 bits per heavy atom. The second kappa shape index (κ2) is 3.82. The van der Waals surface area contributed by atoms with Crippen LogP contribution < -0.4 is 5.73 Å². The van der Waals surface area contributed by atoms with E-state index in [2.05, 4.69) is 6.92 Å². The molecule has 14 heavy (non-hydrogen) atoms. The molecule has 0 radical (unpaired) electrons. The number of aliphatic hydroxyl groups is 1. The molecule has 0 aromatic carbocycles. The summed E-state index contributed by atoms with van der Waals surface area (Å²) >= 11 is 0. The van der Waals surface area contributed by atoms with Gasteiger partial charge in [-0.25, -0.2) is 0 Å². The maximum atomic E-state index is 9.44. The normalized spacial score (nSPS) is 40.9. The third kappa shape index (κ3) is 2.48. The molecule has 1 atom stereocenters. The lowest BCUT2D eigenvalue weighted by Gasteiger charge is -2.37. The van der Waals surface area contributed by atoms with Gasteiger partial charge in [0.25, 0.3) is 0 Å². The highest BCUT2D eigenvalue weighted by atomic mass is 16.3. The fourth-order valence-electron chi connectivity index (χ4n) is 2.85. The van der Waals surface area contributed by atoms with Gasteiger partial charge in [-0.2, -0.15) is 0 Å². The number of aliphatic hydroxyl groups excluding tert-OH is 1. The van der Waals surface area contributed by atoms with Crippen LogP contribution in [0.4, 0.5) is 0 Å². The summed E-state index contributed by atoms with van der Waals surface area (Å²) in [5.41, 5.74) is 6.42. The predicted octanol–water partition coefficient (Wildman–Crippen LogP) is 2.05. The van der Waals surface area contributed by atoms with E-state index in [0.717, 1.165) is 37.5 Å². The number of nitrogens with two attached hydrogens (primary N) is 1. The van der Waals surface area contributed by atoms with Crippen molar-refractivity contribution in [2.75, 3.05) is 0 Å². The Kier molecular flexibility index (Phi) is 2.85. The minimum atomic E-state index is -0.0806. The lowest BCUT2D eigenvalue weighted by Crippen LogP contribution is -2.45. The zero-order valence-corrected chi connectivity index (χ0v) is 9.21. The second-order valence-corrected chi connectivity index (χ2v) is 5.61. The summed E-state index contributed by atoms with van der Waals surface area (Å²) in [6, 6.07) is 0. The molecule has 0 amide bonds. The Morgan fingerprint density at radius 2 is 1.86 bits per heavy atom. The molecule has 0 heterocycles. The van der Waals surface area contributed by atoms with Crippen LogP contribution in [0.1, 0.15) is 51.9 Å². The van der Waals surface area contributed by atoms with Crippen LogP contribution in [0.25, 0.3) is 0 Å². The Hall–Kier alpha value is -0.0800. The molecule has 2 heteroatoms.